The molecule has 0 heterocycles. The summed E-state index contributed by atoms with van der Waals surface area (Å²) in [6.07, 6.45) is 5.03. The molecule has 94 valence electrons. The molecule has 0 spiro atoms. The number of hydrogen-bond acceptors (Lipinski definition) is 1. The Bertz CT molecular complexity index is 370. The maximum absolute atomic E-state index is 13.0. The van der Waals surface area contributed by atoms with Gasteiger partial charge in [0.05, 0.1) is 0 Å². The van der Waals surface area contributed by atoms with Crippen LogP contribution in [0.15, 0.2) is 18.2 Å². The molecule has 0 amide bonds. The zero-order valence-electron chi connectivity index (χ0n) is 10.2. The SMILES string of the molecule is CC1CCC(CNc2ccc(F)c(F)c2)CC1. The van der Waals surface area contributed by atoms with Gasteiger partial charge in [0.1, 0.15) is 0 Å². The van der Waals surface area contributed by atoms with E-state index in [1.165, 1.54) is 37.8 Å². The average Bonchev–Trinajstić information content (AvgIpc) is 2.33. The van der Waals surface area contributed by atoms with Crippen molar-refractivity contribution >= 4 is 5.69 Å². The summed E-state index contributed by atoms with van der Waals surface area (Å²) in [7, 11) is 0. The van der Waals surface area contributed by atoms with Crippen LogP contribution < -0.4 is 5.32 Å². The lowest BCUT2D eigenvalue weighted by atomic mass is 9.83. The van der Waals surface area contributed by atoms with E-state index < -0.39 is 11.6 Å². The van der Waals surface area contributed by atoms with Gasteiger partial charge >= 0.3 is 0 Å². The van der Waals surface area contributed by atoms with Crippen LogP contribution in [0.25, 0.3) is 0 Å². The first-order valence-electron chi connectivity index (χ1n) is 6.34. The second-order valence-electron chi connectivity index (χ2n) is 5.14. The highest BCUT2D eigenvalue weighted by atomic mass is 19.2. The predicted molar refractivity (Wildman–Crippen MR) is 66.0 cm³/mol. The Labute approximate surface area is 101 Å². The Morgan fingerprint density at radius 2 is 1.82 bits per heavy atom. The molecule has 1 fully saturated rings. The van der Waals surface area contributed by atoms with Gasteiger partial charge in [-0.1, -0.05) is 19.8 Å². The predicted octanol–water partition coefficient (Wildman–Crippen LogP) is 4.20. The number of hydrogen-bond donors (Lipinski definition) is 1. The van der Waals surface area contributed by atoms with E-state index in [2.05, 4.69) is 12.2 Å². The van der Waals surface area contributed by atoms with Crippen LogP contribution in [-0.4, -0.2) is 6.54 Å². The fourth-order valence-electron chi connectivity index (χ4n) is 2.40. The molecule has 17 heavy (non-hydrogen) atoms. The van der Waals surface area contributed by atoms with Gasteiger partial charge in [-0.05, 0) is 42.9 Å². The van der Waals surface area contributed by atoms with E-state index in [0.717, 1.165) is 12.5 Å². The second kappa shape index (κ2) is 5.48. The smallest absolute Gasteiger partial charge is 0.160 e. The second-order valence-corrected chi connectivity index (χ2v) is 5.14. The highest BCUT2D eigenvalue weighted by Gasteiger charge is 2.17. The maximum atomic E-state index is 13.0. The molecule has 0 aromatic heterocycles. The van der Waals surface area contributed by atoms with Crippen molar-refractivity contribution in [3.63, 3.8) is 0 Å². The Kier molecular flexibility index (Phi) is 3.97. The first-order valence-corrected chi connectivity index (χ1v) is 6.34. The standard InChI is InChI=1S/C14H19F2N/c1-10-2-4-11(5-3-10)9-17-12-6-7-13(15)14(16)8-12/h6-8,10-11,17H,2-5,9H2,1H3. The quantitative estimate of drug-likeness (QED) is 0.833. The Hall–Kier alpha value is -1.12. The van der Waals surface area contributed by atoms with Crippen LogP contribution in [0.3, 0.4) is 0 Å². The van der Waals surface area contributed by atoms with Crippen LogP contribution in [0.1, 0.15) is 32.6 Å². The van der Waals surface area contributed by atoms with E-state index in [0.29, 0.717) is 11.6 Å². The molecule has 0 saturated heterocycles. The van der Waals surface area contributed by atoms with Crippen molar-refractivity contribution in [3.8, 4) is 0 Å². The fourth-order valence-corrected chi connectivity index (χ4v) is 2.40. The van der Waals surface area contributed by atoms with E-state index in [1.807, 2.05) is 0 Å². The number of nitrogens with one attached hydrogen (secondary N) is 1. The topological polar surface area (TPSA) is 12.0 Å². The summed E-state index contributed by atoms with van der Waals surface area (Å²) < 4.78 is 25.7. The minimum absolute atomic E-state index is 0.666. The van der Waals surface area contributed by atoms with Crippen molar-refractivity contribution in [1.29, 1.82) is 0 Å². The third-order valence-electron chi connectivity index (χ3n) is 3.65. The molecule has 1 aliphatic rings. The number of rotatable bonds is 3. The molecule has 1 aliphatic carbocycles. The molecule has 0 aliphatic heterocycles. The number of anilines is 1. The van der Waals surface area contributed by atoms with Crippen molar-refractivity contribution in [3.05, 3.63) is 29.8 Å². The number of halogens is 2. The van der Waals surface area contributed by atoms with E-state index in [-0.39, 0.29) is 0 Å². The van der Waals surface area contributed by atoms with Gasteiger partial charge in [0.15, 0.2) is 11.6 Å². The Morgan fingerprint density at radius 1 is 1.12 bits per heavy atom. The van der Waals surface area contributed by atoms with Crippen LogP contribution in [0, 0.1) is 23.5 Å². The van der Waals surface area contributed by atoms with E-state index in [1.54, 1.807) is 6.07 Å². The summed E-state index contributed by atoms with van der Waals surface area (Å²) in [5.41, 5.74) is 0.669. The Balaban J connectivity index is 1.83. The molecule has 0 unspecified atom stereocenters. The van der Waals surface area contributed by atoms with Crippen LogP contribution >= 0.6 is 0 Å². The van der Waals surface area contributed by atoms with E-state index >= 15 is 0 Å². The van der Waals surface area contributed by atoms with Gasteiger partial charge in [-0.25, -0.2) is 8.78 Å². The summed E-state index contributed by atoms with van der Waals surface area (Å²) in [6.45, 7) is 3.15. The molecule has 1 N–H and O–H groups in total. The van der Waals surface area contributed by atoms with Crippen LogP contribution in [0.4, 0.5) is 14.5 Å². The number of benzene rings is 1. The lowest BCUT2D eigenvalue weighted by Crippen LogP contribution is -2.20. The van der Waals surface area contributed by atoms with Crippen LogP contribution in [0.2, 0.25) is 0 Å². The molecule has 1 nitrogen and oxygen atoms in total. The van der Waals surface area contributed by atoms with Gasteiger partial charge in [-0.2, -0.15) is 0 Å². The Morgan fingerprint density at radius 3 is 2.47 bits per heavy atom. The minimum atomic E-state index is -0.790. The first-order chi connectivity index (χ1) is 8.15. The van der Waals surface area contributed by atoms with E-state index in [4.69, 9.17) is 0 Å². The fraction of sp³-hybridized carbons (Fsp3) is 0.571. The lowest BCUT2D eigenvalue weighted by Gasteiger charge is -2.26. The lowest BCUT2D eigenvalue weighted by molar-refractivity contribution is 0.300. The molecular formula is C14H19F2N. The van der Waals surface area contributed by atoms with Gasteiger partial charge in [0, 0.05) is 12.2 Å². The summed E-state index contributed by atoms with van der Waals surface area (Å²) in [5, 5.41) is 3.19. The summed E-state index contributed by atoms with van der Waals surface area (Å²) in [6, 6.07) is 3.98. The van der Waals surface area contributed by atoms with Crippen molar-refractivity contribution in [2.75, 3.05) is 11.9 Å². The molecule has 0 atom stereocenters. The van der Waals surface area contributed by atoms with E-state index in [9.17, 15) is 8.78 Å². The summed E-state index contributed by atoms with van der Waals surface area (Å²) >= 11 is 0. The molecular weight excluding hydrogens is 220 g/mol. The largest absolute Gasteiger partial charge is 0.385 e. The molecule has 0 bridgehead atoms. The molecule has 3 heteroatoms. The first kappa shape index (κ1) is 12.3. The van der Waals surface area contributed by atoms with Gasteiger partial charge in [0.25, 0.3) is 0 Å². The van der Waals surface area contributed by atoms with Crippen molar-refractivity contribution < 1.29 is 8.78 Å². The average molecular weight is 239 g/mol. The van der Waals surface area contributed by atoms with Crippen LogP contribution in [-0.2, 0) is 0 Å². The van der Waals surface area contributed by atoms with Crippen molar-refractivity contribution in [2.45, 2.75) is 32.6 Å². The summed E-state index contributed by atoms with van der Waals surface area (Å²) in [4.78, 5) is 0. The molecule has 0 radical (unpaired) electrons. The molecule has 2 rings (SSSR count). The van der Waals surface area contributed by atoms with Gasteiger partial charge in [-0.15, -0.1) is 0 Å². The third-order valence-corrected chi connectivity index (χ3v) is 3.65. The van der Waals surface area contributed by atoms with Crippen molar-refractivity contribution in [1.82, 2.24) is 0 Å². The van der Waals surface area contributed by atoms with Gasteiger partial charge < -0.3 is 5.32 Å². The molecule has 1 aromatic rings. The highest BCUT2D eigenvalue weighted by Crippen LogP contribution is 2.28. The monoisotopic (exact) mass is 239 g/mol. The van der Waals surface area contributed by atoms with Gasteiger partial charge in [0.2, 0.25) is 0 Å². The normalized spacial score (nSPS) is 24.6. The highest BCUT2D eigenvalue weighted by molar-refractivity contribution is 5.43. The van der Waals surface area contributed by atoms with Crippen LogP contribution in [0.5, 0.6) is 0 Å². The maximum Gasteiger partial charge on any atom is 0.160 e. The van der Waals surface area contributed by atoms with Gasteiger partial charge in [-0.3, -0.25) is 0 Å². The zero-order valence-corrected chi connectivity index (χ0v) is 10.2. The molecule has 1 aromatic carbocycles. The summed E-state index contributed by atoms with van der Waals surface area (Å²) in [5.74, 6) is -0.0665. The third kappa shape index (κ3) is 3.42. The van der Waals surface area contributed by atoms with Crippen molar-refractivity contribution in [2.24, 2.45) is 11.8 Å². The zero-order chi connectivity index (χ0) is 12.3. The molecule has 1 saturated carbocycles. The minimum Gasteiger partial charge on any atom is -0.385 e.